The van der Waals surface area contributed by atoms with Gasteiger partial charge in [-0.1, -0.05) is 42.4 Å². The Labute approximate surface area is 136 Å². The van der Waals surface area contributed by atoms with Crippen LogP contribution in [0, 0.1) is 5.92 Å². The topological polar surface area (TPSA) is 46.3 Å². The summed E-state index contributed by atoms with van der Waals surface area (Å²) in [6.45, 7) is 4.02. The summed E-state index contributed by atoms with van der Waals surface area (Å²) in [5.74, 6) is 1.72. The molecular weight excluding hydrogens is 288 g/mol. The second-order valence-corrected chi connectivity index (χ2v) is 7.00. The van der Waals surface area contributed by atoms with Gasteiger partial charge >= 0.3 is 0 Å². The van der Waals surface area contributed by atoms with Crippen LogP contribution in [0.25, 0.3) is 11.3 Å². The van der Waals surface area contributed by atoms with Crippen molar-refractivity contribution in [1.82, 2.24) is 10.1 Å². The molecule has 4 nitrogen and oxygen atoms in total. The number of hydrogen-bond acceptors (Lipinski definition) is 3. The molecule has 1 aromatic heterocycles. The summed E-state index contributed by atoms with van der Waals surface area (Å²) < 4.78 is 5.51. The van der Waals surface area contributed by atoms with Crippen molar-refractivity contribution >= 4 is 5.91 Å². The SMILES string of the molecule is CC1CCN(C(=O)C2(c3cc(-c4ccccc4)on3)CC2)CC1. The van der Waals surface area contributed by atoms with Gasteiger partial charge in [0, 0.05) is 24.7 Å². The molecule has 1 aliphatic carbocycles. The predicted octanol–water partition coefficient (Wildman–Crippen LogP) is 3.63. The molecule has 0 N–H and O–H groups in total. The van der Waals surface area contributed by atoms with Crippen molar-refractivity contribution in [2.45, 2.75) is 38.0 Å². The lowest BCUT2D eigenvalue weighted by Crippen LogP contribution is -2.43. The Bertz CT molecular complexity index is 695. The lowest BCUT2D eigenvalue weighted by molar-refractivity contribution is -0.135. The summed E-state index contributed by atoms with van der Waals surface area (Å²) >= 11 is 0. The number of hydrogen-bond donors (Lipinski definition) is 0. The zero-order chi connectivity index (χ0) is 15.9. The van der Waals surface area contributed by atoms with Crippen LogP contribution in [0.3, 0.4) is 0 Å². The van der Waals surface area contributed by atoms with E-state index in [0.29, 0.717) is 0 Å². The fraction of sp³-hybridized carbons (Fsp3) is 0.474. The number of aromatic nitrogens is 1. The molecule has 4 heteroatoms. The molecule has 2 fully saturated rings. The zero-order valence-electron chi connectivity index (χ0n) is 13.5. The van der Waals surface area contributed by atoms with Crippen molar-refractivity contribution in [3.63, 3.8) is 0 Å². The molecule has 1 aromatic carbocycles. The van der Waals surface area contributed by atoms with E-state index in [1.54, 1.807) is 0 Å². The van der Waals surface area contributed by atoms with Gasteiger partial charge < -0.3 is 9.42 Å². The Balaban J connectivity index is 1.55. The van der Waals surface area contributed by atoms with Gasteiger partial charge in [-0.15, -0.1) is 0 Å². The van der Waals surface area contributed by atoms with Gasteiger partial charge in [-0.25, -0.2) is 0 Å². The van der Waals surface area contributed by atoms with Gasteiger partial charge in [-0.05, 0) is 31.6 Å². The first-order valence-electron chi connectivity index (χ1n) is 8.51. The Kier molecular flexibility index (Phi) is 3.47. The first kappa shape index (κ1) is 14.5. The maximum Gasteiger partial charge on any atom is 0.234 e. The molecule has 1 aliphatic heterocycles. The summed E-state index contributed by atoms with van der Waals surface area (Å²) in [6, 6.07) is 11.9. The molecule has 1 saturated carbocycles. The first-order valence-corrected chi connectivity index (χ1v) is 8.51. The Morgan fingerprint density at radius 1 is 1.22 bits per heavy atom. The van der Waals surface area contributed by atoms with Gasteiger partial charge in [-0.3, -0.25) is 4.79 Å². The molecular formula is C19H22N2O2. The summed E-state index contributed by atoms with van der Waals surface area (Å²) in [4.78, 5) is 15.0. The highest BCUT2D eigenvalue weighted by Crippen LogP contribution is 2.50. The third-order valence-corrected chi connectivity index (χ3v) is 5.29. The van der Waals surface area contributed by atoms with Crippen LogP contribution < -0.4 is 0 Å². The highest BCUT2D eigenvalue weighted by atomic mass is 16.5. The fourth-order valence-corrected chi connectivity index (χ4v) is 3.46. The van der Waals surface area contributed by atoms with Crippen molar-refractivity contribution in [3.8, 4) is 11.3 Å². The maximum atomic E-state index is 13.0. The monoisotopic (exact) mass is 310 g/mol. The molecule has 0 atom stereocenters. The van der Waals surface area contributed by atoms with Crippen molar-refractivity contribution in [2.75, 3.05) is 13.1 Å². The van der Waals surface area contributed by atoms with Crippen LogP contribution in [0.4, 0.5) is 0 Å². The molecule has 120 valence electrons. The molecule has 0 bridgehead atoms. The predicted molar refractivity (Wildman–Crippen MR) is 87.8 cm³/mol. The Morgan fingerprint density at radius 3 is 2.57 bits per heavy atom. The average Bonchev–Trinajstić information content (AvgIpc) is 3.25. The molecule has 0 unspecified atom stereocenters. The molecule has 4 rings (SSSR count). The molecule has 1 amide bonds. The molecule has 0 spiro atoms. The number of nitrogens with zero attached hydrogens (tertiary/aromatic N) is 2. The van der Waals surface area contributed by atoms with E-state index in [-0.39, 0.29) is 5.91 Å². The lowest BCUT2D eigenvalue weighted by atomic mass is 9.95. The second kappa shape index (κ2) is 5.52. The van der Waals surface area contributed by atoms with E-state index in [1.807, 2.05) is 41.3 Å². The van der Waals surface area contributed by atoms with E-state index in [0.717, 1.165) is 61.7 Å². The summed E-state index contributed by atoms with van der Waals surface area (Å²) in [5.41, 5.74) is 1.39. The number of rotatable bonds is 3. The maximum absolute atomic E-state index is 13.0. The standard InChI is InChI=1S/C19H22N2O2/c1-14-7-11-21(12-8-14)18(22)19(9-10-19)17-13-16(23-20-17)15-5-3-2-4-6-15/h2-6,13-14H,7-12H2,1H3. The Morgan fingerprint density at radius 2 is 1.91 bits per heavy atom. The molecule has 1 saturated heterocycles. The van der Waals surface area contributed by atoms with Gasteiger partial charge in [0.1, 0.15) is 0 Å². The van der Waals surface area contributed by atoms with Gasteiger partial charge in [0.25, 0.3) is 0 Å². The van der Waals surface area contributed by atoms with E-state index in [1.165, 1.54) is 0 Å². The van der Waals surface area contributed by atoms with E-state index < -0.39 is 5.41 Å². The molecule has 2 aliphatic rings. The first-order chi connectivity index (χ1) is 11.2. The Hall–Kier alpha value is -2.10. The fourth-order valence-electron chi connectivity index (χ4n) is 3.46. The summed E-state index contributed by atoms with van der Waals surface area (Å²) in [6.07, 6.45) is 3.99. The van der Waals surface area contributed by atoms with Crippen LogP contribution in [0.2, 0.25) is 0 Å². The van der Waals surface area contributed by atoms with E-state index in [4.69, 9.17) is 4.52 Å². The van der Waals surface area contributed by atoms with Crippen LogP contribution in [0.1, 0.15) is 38.3 Å². The van der Waals surface area contributed by atoms with Crippen LogP contribution in [0.15, 0.2) is 40.9 Å². The smallest absolute Gasteiger partial charge is 0.234 e. The van der Waals surface area contributed by atoms with Gasteiger partial charge in [0.05, 0.1) is 11.1 Å². The molecule has 23 heavy (non-hydrogen) atoms. The third kappa shape index (κ3) is 2.56. The zero-order valence-corrected chi connectivity index (χ0v) is 13.5. The van der Waals surface area contributed by atoms with Crippen molar-refractivity contribution in [1.29, 1.82) is 0 Å². The molecule has 2 heterocycles. The van der Waals surface area contributed by atoms with Crippen LogP contribution in [-0.4, -0.2) is 29.1 Å². The number of likely N-dealkylation sites (tertiary alicyclic amines) is 1. The quantitative estimate of drug-likeness (QED) is 0.869. The number of carbonyl (C=O) groups excluding carboxylic acids is 1. The third-order valence-electron chi connectivity index (χ3n) is 5.29. The van der Waals surface area contributed by atoms with Gasteiger partial charge in [-0.2, -0.15) is 0 Å². The van der Waals surface area contributed by atoms with Crippen molar-refractivity contribution in [3.05, 3.63) is 42.1 Å². The number of benzene rings is 1. The largest absolute Gasteiger partial charge is 0.356 e. The minimum absolute atomic E-state index is 0.248. The summed E-state index contributed by atoms with van der Waals surface area (Å²) in [5, 5.41) is 4.24. The normalized spacial score (nSPS) is 20.5. The minimum atomic E-state index is -0.420. The van der Waals surface area contributed by atoms with Crippen LogP contribution in [0.5, 0.6) is 0 Å². The van der Waals surface area contributed by atoms with Crippen LogP contribution >= 0.6 is 0 Å². The van der Waals surface area contributed by atoms with E-state index in [9.17, 15) is 4.79 Å². The minimum Gasteiger partial charge on any atom is -0.356 e. The number of amides is 1. The number of carbonyl (C=O) groups is 1. The van der Waals surface area contributed by atoms with E-state index >= 15 is 0 Å². The molecule has 2 aromatic rings. The van der Waals surface area contributed by atoms with Gasteiger partial charge in [0.2, 0.25) is 5.91 Å². The van der Waals surface area contributed by atoms with Crippen molar-refractivity contribution < 1.29 is 9.32 Å². The van der Waals surface area contributed by atoms with Crippen LogP contribution in [-0.2, 0) is 10.2 Å². The van der Waals surface area contributed by atoms with Crippen molar-refractivity contribution in [2.24, 2.45) is 5.92 Å². The molecule has 0 radical (unpaired) electrons. The number of piperidine rings is 1. The van der Waals surface area contributed by atoms with E-state index in [2.05, 4.69) is 12.1 Å². The average molecular weight is 310 g/mol. The van der Waals surface area contributed by atoms with Gasteiger partial charge in [0.15, 0.2) is 5.76 Å². The second-order valence-electron chi connectivity index (χ2n) is 7.00. The highest BCUT2D eigenvalue weighted by molar-refractivity contribution is 5.91. The lowest BCUT2D eigenvalue weighted by Gasteiger charge is -2.32. The highest BCUT2D eigenvalue weighted by Gasteiger charge is 2.55. The summed E-state index contributed by atoms with van der Waals surface area (Å²) in [7, 11) is 0.